The van der Waals surface area contributed by atoms with Gasteiger partial charge in [-0.2, -0.15) is 0 Å². The van der Waals surface area contributed by atoms with Crippen molar-refractivity contribution >= 4 is 0 Å². The number of piperidine rings is 1. The van der Waals surface area contributed by atoms with Gasteiger partial charge in [0.25, 0.3) is 0 Å². The summed E-state index contributed by atoms with van der Waals surface area (Å²) >= 11 is 0. The average molecular weight is 263 g/mol. The third-order valence-electron chi connectivity index (χ3n) is 3.90. The predicted octanol–water partition coefficient (Wildman–Crippen LogP) is 2.39. The highest BCUT2D eigenvalue weighted by molar-refractivity contribution is 5.23. The van der Waals surface area contributed by atoms with Crippen LogP contribution in [-0.4, -0.2) is 43.4 Å². The van der Waals surface area contributed by atoms with Gasteiger partial charge >= 0.3 is 0 Å². The lowest BCUT2D eigenvalue weighted by atomic mass is 9.98. The molecule has 3 nitrogen and oxygen atoms in total. The lowest BCUT2D eigenvalue weighted by molar-refractivity contribution is 0.0563. The Bertz CT molecular complexity index is 375. The van der Waals surface area contributed by atoms with Crippen LogP contribution >= 0.6 is 0 Å². The maximum atomic E-state index is 10.3. The number of rotatable bonds is 5. The lowest BCUT2D eigenvalue weighted by Crippen LogP contribution is -2.39. The molecule has 3 heteroatoms. The van der Waals surface area contributed by atoms with Gasteiger partial charge in [0, 0.05) is 20.2 Å². The second kappa shape index (κ2) is 7.04. The molecule has 1 fully saturated rings. The van der Waals surface area contributed by atoms with E-state index in [1.165, 1.54) is 18.4 Å². The number of likely N-dealkylation sites (tertiary alicyclic amines) is 1. The molecule has 106 valence electrons. The SMILES string of the molecule is COCC1CCCN(CC(O)c2ccc(C)cc2)C1. The summed E-state index contributed by atoms with van der Waals surface area (Å²) in [5, 5.41) is 10.3. The van der Waals surface area contributed by atoms with Gasteiger partial charge in [0.05, 0.1) is 12.7 Å². The van der Waals surface area contributed by atoms with E-state index in [-0.39, 0.29) is 6.10 Å². The van der Waals surface area contributed by atoms with Crippen LogP contribution in [0.3, 0.4) is 0 Å². The first-order valence-electron chi connectivity index (χ1n) is 7.15. The molecule has 0 radical (unpaired) electrons. The van der Waals surface area contributed by atoms with Crippen LogP contribution in [0.25, 0.3) is 0 Å². The largest absolute Gasteiger partial charge is 0.387 e. The molecule has 2 atom stereocenters. The van der Waals surface area contributed by atoms with Crippen LogP contribution in [0.5, 0.6) is 0 Å². The van der Waals surface area contributed by atoms with Gasteiger partial charge in [-0.15, -0.1) is 0 Å². The van der Waals surface area contributed by atoms with E-state index in [0.717, 1.165) is 31.8 Å². The molecule has 1 saturated heterocycles. The van der Waals surface area contributed by atoms with E-state index in [1.54, 1.807) is 7.11 Å². The second-order valence-corrected chi connectivity index (χ2v) is 5.65. The van der Waals surface area contributed by atoms with Crippen LogP contribution < -0.4 is 0 Å². The van der Waals surface area contributed by atoms with E-state index in [2.05, 4.69) is 24.0 Å². The Morgan fingerprint density at radius 2 is 2.11 bits per heavy atom. The van der Waals surface area contributed by atoms with Crippen LogP contribution in [0, 0.1) is 12.8 Å². The number of aliphatic hydroxyl groups is 1. The molecule has 0 spiro atoms. The number of β-amino-alcohol motifs (C(OH)–C–C–N with tert-alkyl or cyclic N) is 1. The summed E-state index contributed by atoms with van der Waals surface area (Å²) in [7, 11) is 1.76. The fraction of sp³-hybridized carbons (Fsp3) is 0.625. The van der Waals surface area contributed by atoms with Gasteiger partial charge in [0.15, 0.2) is 0 Å². The smallest absolute Gasteiger partial charge is 0.0916 e. The number of hydrogen-bond acceptors (Lipinski definition) is 3. The van der Waals surface area contributed by atoms with E-state index < -0.39 is 0 Å². The van der Waals surface area contributed by atoms with Crippen molar-refractivity contribution in [3.63, 3.8) is 0 Å². The highest BCUT2D eigenvalue weighted by atomic mass is 16.5. The maximum Gasteiger partial charge on any atom is 0.0916 e. The predicted molar refractivity (Wildman–Crippen MR) is 77.2 cm³/mol. The van der Waals surface area contributed by atoms with Crippen LogP contribution in [-0.2, 0) is 4.74 Å². The van der Waals surface area contributed by atoms with Crippen molar-refractivity contribution in [3.8, 4) is 0 Å². The van der Waals surface area contributed by atoms with E-state index in [9.17, 15) is 5.11 Å². The number of methoxy groups -OCH3 is 1. The van der Waals surface area contributed by atoms with Gasteiger partial charge in [-0.3, -0.25) is 0 Å². The Labute approximate surface area is 116 Å². The molecular weight excluding hydrogens is 238 g/mol. The minimum atomic E-state index is -0.387. The quantitative estimate of drug-likeness (QED) is 0.885. The molecule has 1 aromatic carbocycles. The van der Waals surface area contributed by atoms with Crippen LogP contribution in [0.4, 0.5) is 0 Å². The normalized spacial score (nSPS) is 22.4. The van der Waals surface area contributed by atoms with Gasteiger partial charge in [0.2, 0.25) is 0 Å². The minimum absolute atomic E-state index is 0.387. The van der Waals surface area contributed by atoms with Gasteiger partial charge < -0.3 is 14.7 Å². The van der Waals surface area contributed by atoms with Crippen molar-refractivity contribution < 1.29 is 9.84 Å². The fourth-order valence-electron chi connectivity index (χ4n) is 2.83. The van der Waals surface area contributed by atoms with Crippen LogP contribution in [0.1, 0.15) is 30.1 Å². The molecule has 0 aliphatic carbocycles. The molecule has 0 amide bonds. The first-order valence-corrected chi connectivity index (χ1v) is 7.15. The van der Waals surface area contributed by atoms with Crippen molar-refractivity contribution in [2.75, 3.05) is 33.4 Å². The molecule has 19 heavy (non-hydrogen) atoms. The molecule has 2 unspecified atom stereocenters. The zero-order valence-electron chi connectivity index (χ0n) is 12.0. The molecule has 0 saturated carbocycles. The van der Waals surface area contributed by atoms with Gasteiger partial charge in [-0.05, 0) is 37.8 Å². The van der Waals surface area contributed by atoms with Gasteiger partial charge in [0.1, 0.15) is 0 Å². The summed E-state index contributed by atoms with van der Waals surface area (Å²) in [4.78, 5) is 2.36. The lowest BCUT2D eigenvalue weighted by Gasteiger charge is -2.33. The molecule has 1 aliphatic heterocycles. The highest BCUT2D eigenvalue weighted by Crippen LogP contribution is 2.21. The Morgan fingerprint density at radius 3 is 2.79 bits per heavy atom. The van der Waals surface area contributed by atoms with Crippen molar-refractivity contribution in [1.82, 2.24) is 4.90 Å². The first-order chi connectivity index (χ1) is 9.19. The summed E-state index contributed by atoms with van der Waals surface area (Å²) < 4.78 is 5.24. The minimum Gasteiger partial charge on any atom is -0.387 e. The molecular formula is C16H25NO2. The Balaban J connectivity index is 1.87. The third kappa shape index (κ3) is 4.30. The molecule has 0 aromatic heterocycles. The molecule has 1 heterocycles. The summed E-state index contributed by atoms with van der Waals surface area (Å²) in [5.74, 6) is 0.615. The molecule has 2 rings (SSSR count). The van der Waals surface area contributed by atoms with E-state index in [1.807, 2.05) is 12.1 Å². The summed E-state index contributed by atoms with van der Waals surface area (Å²) in [5.41, 5.74) is 2.24. The van der Waals surface area contributed by atoms with E-state index in [4.69, 9.17) is 4.74 Å². The fourth-order valence-corrected chi connectivity index (χ4v) is 2.83. The zero-order valence-corrected chi connectivity index (χ0v) is 12.0. The maximum absolute atomic E-state index is 10.3. The third-order valence-corrected chi connectivity index (χ3v) is 3.90. The number of hydrogen-bond donors (Lipinski definition) is 1. The summed E-state index contributed by atoms with van der Waals surface area (Å²) in [6.45, 7) is 5.75. The van der Waals surface area contributed by atoms with Crippen LogP contribution in [0.2, 0.25) is 0 Å². The molecule has 0 bridgehead atoms. The Morgan fingerprint density at radius 1 is 1.37 bits per heavy atom. The van der Waals surface area contributed by atoms with Gasteiger partial charge in [-0.1, -0.05) is 29.8 Å². The average Bonchev–Trinajstić information content (AvgIpc) is 2.40. The Kier molecular flexibility index (Phi) is 5.37. The number of ether oxygens (including phenoxy) is 1. The van der Waals surface area contributed by atoms with Crippen LogP contribution in [0.15, 0.2) is 24.3 Å². The summed E-state index contributed by atoms with van der Waals surface area (Å²) in [6.07, 6.45) is 2.06. The summed E-state index contributed by atoms with van der Waals surface area (Å²) in [6, 6.07) is 8.16. The van der Waals surface area contributed by atoms with E-state index in [0.29, 0.717) is 5.92 Å². The van der Waals surface area contributed by atoms with Crippen molar-refractivity contribution in [1.29, 1.82) is 0 Å². The first kappa shape index (κ1) is 14.5. The molecule has 1 aliphatic rings. The van der Waals surface area contributed by atoms with Crippen molar-refractivity contribution in [3.05, 3.63) is 35.4 Å². The van der Waals surface area contributed by atoms with Crippen molar-refractivity contribution in [2.24, 2.45) is 5.92 Å². The topological polar surface area (TPSA) is 32.7 Å². The number of aryl methyl sites for hydroxylation is 1. The number of aliphatic hydroxyl groups excluding tert-OH is 1. The molecule has 1 aromatic rings. The number of nitrogens with zero attached hydrogens (tertiary/aromatic N) is 1. The number of benzene rings is 1. The monoisotopic (exact) mass is 263 g/mol. The van der Waals surface area contributed by atoms with Crippen molar-refractivity contribution in [2.45, 2.75) is 25.9 Å². The zero-order chi connectivity index (χ0) is 13.7. The standard InChI is InChI=1S/C16H25NO2/c1-13-5-7-15(8-6-13)16(18)11-17-9-3-4-14(10-17)12-19-2/h5-8,14,16,18H,3-4,9-12H2,1-2H3. The Hall–Kier alpha value is -0.900. The molecule has 1 N–H and O–H groups in total. The second-order valence-electron chi connectivity index (χ2n) is 5.65. The van der Waals surface area contributed by atoms with E-state index >= 15 is 0 Å². The van der Waals surface area contributed by atoms with Gasteiger partial charge in [-0.25, -0.2) is 0 Å². The highest BCUT2D eigenvalue weighted by Gasteiger charge is 2.22.